The Morgan fingerprint density at radius 3 is 1.18 bits per heavy atom. The summed E-state index contributed by atoms with van der Waals surface area (Å²) >= 11 is 0. The smallest absolute Gasteiger partial charge is 0.284 e. The molecule has 0 saturated heterocycles. The van der Waals surface area contributed by atoms with Gasteiger partial charge in [0.1, 0.15) is 0 Å². The number of hydrogen-bond acceptors (Lipinski definition) is 1. The largest absolute Gasteiger partial charge is 0.427 e. The summed E-state index contributed by atoms with van der Waals surface area (Å²) in [6.45, 7) is 0. The molecular weight excluding hydrogens is 195 g/mol. The van der Waals surface area contributed by atoms with Crippen LogP contribution in [0.1, 0.15) is 0 Å². The molecule has 0 aromatic carbocycles. The molecule has 11 heavy (non-hydrogen) atoms. The van der Waals surface area contributed by atoms with E-state index >= 15 is 0 Å². The topological polar surface area (TPSA) is 12.0 Å². The Balaban J connectivity index is 4.43. The van der Waals surface area contributed by atoms with E-state index in [9.17, 15) is 26.3 Å². The number of rotatable bonds is 1. The minimum Gasteiger partial charge on any atom is -0.284 e. The van der Waals surface area contributed by atoms with Gasteiger partial charge in [-0.05, 0) is 7.05 Å². The second-order valence-corrected chi connectivity index (χ2v) is 3.63. The van der Waals surface area contributed by atoms with Crippen LogP contribution in [0.5, 0.6) is 0 Å². The SMILES string of the molecule is CNP(C(F)(F)F)C(F)(F)F. The first kappa shape index (κ1) is 11.0. The molecule has 0 aromatic rings. The average molecular weight is 199 g/mol. The van der Waals surface area contributed by atoms with Crippen molar-refractivity contribution in [3.8, 4) is 0 Å². The van der Waals surface area contributed by atoms with E-state index in [1.165, 1.54) is 5.09 Å². The second kappa shape index (κ2) is 3.15. The van der Waals surface area contributed by atoms with Gasteiger partial charge in [0.25, 0.3) is 0 Å². The molecule has 0 aliphatic carbocycles. The van der Waals surface area contributed by atoms with Crippen LogP contribution in [0.3, 0.4) is 0 Å². The molecule has 0 fully saturated rings. The van der Waals surface area contributed by atoms with Crippen LogP contribution >= 0.6 is 8.07 Å². The van der Waals surface area contributed by atoms with Crippen molar-refractivity contribution in [2.75, 3.05) is 7.05 Å². The monoisotopic (exact) mass is 199 g/mol. The summed E-state index contributed by atoms with van der Waals surface area (Å²) in [6.07, 6.45) is 0. The molecule has 0 spiro atoms. The molecule has 0 aliphatic rings. The summed E-state index contributed by atoms with van der Waals surface area (Å²) < 4.78 is 68.8. The van der Waals surface area contributed by atoms with E-state index < -0.39 is 19.9 Å². The molecule has 0 radical (unpaired) electrons. The Hall–Kier alpha value is -0.0300. The molecule has 0 amide bonds. The van der Waals surface area contributed by atoms with E-state index in [4.69, 9.17) is 0 Å². The molecule has 1 nitrogen and oxygen atoms in total. The molecule has 0 bridgehead atoms. The fourth-order valence-electron chi connectivity index (χ4n) is 0.397. The lowest BCUT2D eigenvalue weighted by Crippen LogP contribution is -2.25. The van der Waals surface area contributed by atoms with Crippen molar-refractivity contribution in [1.82, 2.24) is 5.09 Å². The van der Waals surface area contributed by atoms with Gasteiger partial charge in [0.05, 0.1) is 0 Å². The van der Waals surface area contributed by atoms with Crippen LogP contribution in [0, 0.1) is 0 Å². The minimum atomic E-state index is -5.22. The van der Waals surface area contributed by atoms with Crippen LogP contribution in [0.15, 0.2) is 0 Å². The van der Waals surface area contributed by atoms with Gasteiger partial charge in [0.15, 0.2) is 8.07 Å². The van der Waals surface area contributed by atoms with Crippen LogP contribution in [-0.4, -0.2) is 18.9 Å². The summed E-state index contributed by atoms with van der Waals surface area (Å²) in [7, 11) is -3.46. The molecule has 1 N–H and O–H groups in total. The fraction of sp³-hybridized carbons (Fsp3) is 1.00. The highest BCUT2D eigenvalue weighted by atomic mass is 31.1. The molecule has 0 aromatic heterocycles. The molecule has 0 unspecified atom stereocenters. The molecule has 0 heterocycles. The van der Waals surface area contributed by atoms with Gasteiger partial charge in [-0.3, -0.25) is 5.09 Å². The molecule has 68 valence electrons. The van der Waals surface area contributed by atoms with Crippen molar-refractivity contribution < 1.29 is 26.3 Å². The van der Waals surface area contributed by atoms with Crippen LogP contribution in [0.2, 0.25) is 0 Å². The van der Waals surface area contributed by atoms with Crippen molar-refractivity contribution in [2.45, 2.75) is 11.8 Å². The summed E-state index contributed by atoms with van der Waals surface area (Å²) in [5.41, 5.74) is 0. The lowest BCUT2D eigenvalue weighted by Gasteiger charge is -2.21. The fourth-order valence-corrected chi connectivity index (χ4v) is 1.19. The van der Waals surface area contributed by atoms with Crippen LogP contribution in [0.4, 0.5) is 26.3 Å². The summed E-state index contributed by atoms with van der Waals surface area (Å²) in [5.74, 6) is -10.4. The second-order valence-electron chi connectivity index (χ2n) is 1.49. The maximum Gasteiger partial charge on any atom is 0.427 e. The van der Waals surface area contributed by atoms with E-state index in [1.807, 2.05) is 0 Å². The molecule has 0 rings (SSSR count). The third-order valence-corrected chi connectivity index (χ3v) is 2.19. The highest BCUT2D eigenvalue weighted by Gasteiger charge is 2.56. The normalized spacial score (nSPS) is 14.2. The highest BCUT2D eigenvalue weighted by molar-refractivity contribution is 7.57. The average Bonchev–Trinajstić information content (AvgIpc) is 1.56. The Bertz CT molecular complexity index is 113. The standard InChI is InChI=1S/C3H4F6NP/c1-10-11(2(4,5)6)3(7,8)9/h10H,1H3. The van der Waals surface area contributed by atoms with Crippen molar-refractivity contribution in [2.24, 2.45) is 0 Å². The maximum atomic E-state index is 11.5. The van der Waals surface area contributed by atoms with E-state index in [2.05, 4.69) is 0 Å². The minimum absolute atomic E-state index is 0.632. The zero-order valence-electron chi connectivity index (χ0n) is 5.22. The Kier molecular flexibility index (Phi) is 3.14. The Morgan fingerprint density at radius 2 is 1.18 bits per heavy atom. The van der Waals surface area contributed by atoms with Gasteiger partial charge in [-0.2, -0.15) is 26.3 Å². The molecule has 0 aliphatic heterocycles. The van der Waals surface area contributed by atoms with E-state index in [0.29, 0.717) is 7.05 Å². The number of hydrogen-bond donors (Lipinski definition) is 1. The number of halogens is 6. The van der Waals surface area contributed by atoms with Crippen molar-refractivity contribution in [1.29, 1.82) is 0 Å². The molecule has 0 saturated carbocycles. The third-order valence-electron chi connectivity index (χ3n) is 0.731. The zero-order chi connectivity index (χ0) is 9.28. The first-order valence-electron chi connectivity index (χ1n) is 2.30. The Morgan fingerprint density at radius 1 is 0.909 bits per heavy atom. The zero-order valence-corrected chi connectivity index (χ0v) is 6.11. The van der Waals surface area contributed by atoms with Gasteiger partial charge in [0, 0.05) is 0 Å². The summed E-state index contributed by atoms with van der Waals surface area (Å²) in [5, 5.41) is 1.20. The molecule has 8 heteroatoms. The maximum absolute atomic E-state index is 11.5. The molecule has 0 atom stereocenters. The van der Waals surface area contributed by atoms with Gasteiger partial charge >= 0.3 is 11.8 Å². The summed E-state index contributed by atoms with van der Waals surface area (Å²) in [6, 6.07) is 0. The van der Waals surface area contributed by atoms with Gasteiger partial charge in [-0.15, -0.1) is 0 Å². The van der Waals surface area contributed by atoms with Crippen LogP contribution in [-0.2, 0) is 0 Å². The van der Waals surface area contributed by atoms with Crippen LogP contribution in [0.25, 0.3) is 0 Å². The van der Waals surface area contributed by atoms with Crippen LogP contribution < -0.4 is 5.09 Å². The van der Waals surface area contributed by atoms with Crippen molar-refractivity contribution >= 4 is 8.07 Å². The van der Waals surface area contributed by atoms with Gasteiger partial charge in [-0.1, -0.05) is 0 Å². The first-order valence-corrected chi connectivity index (χ1v) is 3.65. The lowest BCUT2D eigenvalue weighted by atomic mass is 11.5. The van der Waals surface area contributed by atoms with E-state index in [0.717, 1.165) is 0 Å². The number of nitrogens with one attached hydrogen (secondary N) is 1. The van der Waals surface area contributed by atoms with E-state index in [1.54, 1.807) is 0 Å². The lowest BCUT2D eigenvalue weighted by molar-refractivity contribution is -0.0849. The predicted molar refractivity (Wildman–Crippen MR) is 28.1 cm³/mol. The quantitative estimate of drug-likeness (QED) is 0.505. The third kappa shape index (κ3) is 3.25. The highest BCUT2D eigenvalue weighted by Crippen LogP contribution is 2.60. The Labute approximate surface area is 59.6 Å². The number of alkyl halides is 6. The first-order chi connectivity index (χ1) is 4.69. The predicted octanol–water partition coefficient (Wildman–Crippen LogP) is 2.64. The van der Waals surface area contributed by atoms with Crippen molar-refractivity contribution in [3.63, 3.8) is 0 Å². The van der Waals surface area contributed by atoms with Gasteiger partial charge in [-0.25, -0.2) is 0 Å². The van der Waals surface area contributed by atoms with Gasteiger partial charge in [0.2, 0.25) is 0 Å². The molecular formula is C3H4F6NP. The van der Waals surface area contributed by atoms with E-state index in [-0.39, 0.29) is 0 Å². The van der Waals surface area contributed by atoms with Crippen molar-refractivity contribution in [3.05, 3.63) is 0 Å². The van der Waals surface area contributed by atoms with Gasteiger partial charge < -0.3 is 0 Å². The summed E-state index contributed by atoms with van der Waals surface area (Å²) in [4.78, 5) is 0.